The van der Waals surface area contributed by atoms with Crippen LogP contribution in [0.5, 0.6) is 0 Å². The van der Waals surface area contributed by atoms with Crippen LogP contribution in [0.4, 0.5) is 0 Å². The minimum absolute atomic E-state index is 0.213. The molecule has 72 valence electrons. The largest absolute Gasteiger partial charge is 0.329 e. The van der Waals surface area contributed by atoms with E-state index in [0.717, 1.165) is 0 Å². The van der Waals surface area contributed by atoms with E-state index in [2.05, 4.69) is 4.36 Å². The third-order valence-electron chi connectivity index (χ3n) is 1.39. The molecule has 0 unspecified atom stereocenters. The quantitative estimate of drug-likeness (QED) is 0.680. The number of carbonyl (C=O) groups excluding carboxylic acids is 1. The first-order valence-electron chi connectivity index (χ1n) is 3.61. The molecule has 4 nitrogen and oxygen atoms in total. The van der Waals surface area contributed by atoms with Crippen molar-refractivity contribution in [2.45, 2.75) is 13.8 Å². The van der Waals surface area contributed by atoms with Crippen molar-refractivity contribution in [3.63, 3.8) is 0 Å². The van der Waals surface area contributed by atoms with Gasteiger partial charge in [-0.3, -0.25) is 4.79 Å². The second-order valence-electron chi connectivity index (χ2n) is 3.67. The van der Waals surface area contributed by atoms with Gasteiger partial charge in [0.1, 0.15) is 0 Å². The second-order valence-corrected chi connectivity index (χ2v) is 6.21. The van der Waals surface area contributed by atoms with E-state index in [4.69, 9.17) is 5.73 Å². The van der Waals surface area contributed by atoms with Gasteiger partial charge >= 0.3 is 0 Å². The molecule has 2 N–H and O–H groups in total. The predicted molar refractivity (Wildman–Crippen MR) is 50.3 cm³/mol. The fraction of sp³-hybridized carbons (Fsp3) is 0.857. The van der Waals surface area contributed by atoms with Gasteiger partial charge in [-0.2, -0.15) is 4.36 Å². The van der Waals surface area contributed by atoms with Gasteiger partial charge in [0.05, 0.1) is 5.41 Å². The lowest BCUT2D eigenvalue weighted by atomic mass is 9.93. The zero-order chi connectivity index (χ0) is 9.99. The van der Waals surface area contributed by atoms with E-state index < -0.39 is 15.1 Å². The van der Waals surface area contributed by atoms with Gasteiger partial charge in [0.2, 0.25) is 0 Å². The number of nitrogens with two attached hydrogens (primary N) is 1. The van der Waals surface area contributed by atoms with E-state index in [1.165, 1.54) is 12.5 Å². The third kappa shape index (κ3) is 3.82. The van der Waals surface area contributed by atoms with E-state index in [0.29, 0.717) is 0 Å². The summed E-state index contributed by atoms with van der Waals surface area (Å²) in [6, 6.07) is 0. The summed E-state index contributed by atoms with van der Waals surface area (Å²) in [5, 5.41) is 0. The second kappa shape index (κ2) is 3.53. The predicted octanol–water partition coefficient (Wildman–Crippen LogP) is 0.225. The van der Waals surface area contributed by atoms with Crippen LogP contribution in [0, 0.1) is 5.41 Å². The fourth-order valence-electron chi connectivity index (χ4n) is 0.411. The van der Waals surface area contributed by atoms with Crippen molar-refractivity contribution in [1.29, 1.82) is 0 Å². The van der Waals surface area contributed by atoms with Crippen LogP contribution in [-0.4, -0.2) is 29.2 Å². The SMILES string of the molecule is CC(C)(CN)C(=O)N=S(C)(C)=O. The average Bonchev–Trinajstić information content (AvgIpc) is 1.84. The smallest absolute Gasteiger partial charge is 0.260 e. The van der Waals surface area contributed by atoms with Gasteiger partial charge in [-0.05, 0) is 13.8 Å². The summed E-state index contributed by atoms with van der Waals surface area (Å²) in [5.41, 5.74) is 4.65. The Hall–Kier alpha value is -0.420. The van der Waals surface area contributed by atoms with Crippen LogP contribution in [-0.2, 0) is 14.5 Å². The maximum absolute atomic E-state index is 11.3. The highest BCUT2D eigenvalue weighted by atomic mass is 32.2. The number of rotatable bonds is 2. The van der Waals surface area contributed by atoms with E-state index >= 15 is 0 Å². The summed E-state index contributed by atoms with van der Waals surface area (Å²) in [6.07, 6.45) is 2.86. The molecule has 0 saturated carbocycles. The molecule has 0 aliphatic carbocycles. The third-order valence-corrected chi connectivity index (χ3v) is 2.00. The summed E-state index contributed by atoms with van der Waals surface area (Å²) >= 11 is 0. The minimum atomic E-state index is -2.35. The summed E-state index contributed by atoms with van der Waals surface area (Å²) in [4.78, 5) is 11.3. The Kier molecular flexibility index (Phi) is 3.41. The van der Waals surface area contributed by atoms with Crippen molar-refractivity contribution < 1.29 is 9.00 Å². The summed E-state index contributed by atoms with van der Waals surface area (Å²) in [5.74, 6) is -0.389. The van der Waals surface area contributed by atoms with Crippen LogP contribution < -0.4 is 5.73 Å². The highest BCUT2D eigenvalue weighted by Crippen LogP contribution is 2.15. The molecule has 0 bridgehead atoms. The van der Waals surface area contributed by atoms with Gasteiger partial charge in [-0.1, -0.05) is 0 Å². The molecule has 0 aliphatic rings. The maximum Gasteiger partial charge on any atom is 0.260 e. The molecule has 0 aromatic carbocycles. The number of amides is 1. The monoisotopic (exact) mass is 192 g/mol. The highest BCUT2D eigenvalue weighted by Gasteiger charge is 2.25. The Labute approximate surface area is 73.7 Å². The molecule has 5 heteroatoms. The Bertz CT molecular complexity index is 280. The first kappa shape index (κ1) is 11.6. The van der Waals surface area contributed by atoms with Gasteiger partial charge < -0.3 is 5.73 Å². The lowest BCUT2D eigenvalue weighted by Gasteiger charge is -2.16. The fourth-order valence-corrected chi connectivity index (χ4v) is 1.06. The summed E-state index contributed by atoms with van der Waals surface area (Å²) in [7, 11) is -2.35. The van der Waals surface area contributed by atoms with Gasteiger partial charge in [-0.25, -0.2) is 4.21 Å². The number of carbonyl (C=O) groups is 1. The molecule has 0 spiro atoms. The van der Waals surface area contributed by atoms with Crippen LogP contribution in [0.25, 0.3) is 0 Å². The lowest BCUT2D eigenvalue weighted by Crippen LogP contribution is -2.31. The Morgan fingerprint density at radius 2 is 1.92 bits per heavy atom. The first-order valence-corrected chi connectivity index (χ1v) is 5.94. The van der Waals surface area contributed by atoms with Crippen molar-refractivity contribution >= 4 is 15.6 Å². The zero-order valence-corrected chi connectivity index (χ0v) is 8.77. The molecule has 0 saturated heterocycles. The van der Waals surface area contributed by atoms with Crippen LogP contribution in [0.1, 0.15) is 13.8 Å². The number of hydrogen-bond acceptors (Lipinski definition) is 3. The van der Waals surface area contributed by atoms with E-state index in [9.17, 15) is 9.00 Å². The summed E-state index contributed by atoms with van der Waals surface area (Å²) < 4.78 is 14.7. The van der Waals surface area contributed by atoms with Crippen molar-refractivity contribution in [2.24, 2.45) is 15.5 Å². The number of hydrogen-bond donors (Lipinski definition) is 1. The molecular formula is C7H16N2O2S. The molecule has 0 radical (unpaired) electrons. The van der Waals surface area contributed by atoms with Gasteiger partial charge in [0, 0.05) is 28.8 Å². The topological polar surface area (TPSA) is 72.5 Å². The van der Waals surface area contributed by atoms with E-state index in [1.807, 2.05) is 0 Å². The minimum Gasteiger partial charge on any atom is -0.329 e. The van der Waals surface area contributed by atoms with Gasteiger partial charge in [-0.15, -0.1) is 0 Å². The normalized spacial score (nSPS) is 12.8. The average molecular weight is 192 g/mol. The Balaban J connectivity index is 4.78. The molecule has 0 atom stereocenters. The lowest BCUT2D eigenvalue weighted by molar-refractivity contribution is -0.125. The van der Waals surface area contributed by atoms with Crippen molar-refractivity contribution in [2.75, 3.05) is 19.1 Å². The molecule has 1 amide bonds. The molecule has 12 heavy (non-hydrogen) atoms. The van der Waals surface area contributed by atoms with Crippen LogP contribution >= 0.6 is 0 Å². The van der Waals surface area contributed by atoms with E-state index in [1.54, 1.807) is 13.8 Å². The van der Waals surface area contributed by atoms with Crippen molar-refractivity contribution in [1.82, 2.24) is 0 Å². The maximum atomic E-state index is 11.3. The summed E-state index contributed by atoms with van der Waals surface area (Å²) in [6.45, 7) is 3.58. The van der Waals surface area contributed by atoms with E-state index in [-0.39, 0.29) is 12.5 Å². The standard InChI is InChI=1S/C7H16N2O2S/c1-7(2,5-8)6(10)9-12(3,4)11/h5,8H2,1-4H3. The van der Waals surface area contributed by atoms with Crippen LogP contribution in [0.3, 0.4) is 0 Å². The first-order chi connectivity index (χ1) is 5.19. The molecule has 0 aliphatic heterocycles. The van der Waals surface area contributed by atoms with Crippen molar-refractivity contribution in [3.8, 4) is 0 Å². The van der Waals surface area contributed by atoms with Gasteiger partial charge in [0.15, 0.2) is 0 Å². The highest BCUT2D eigenvalue weighted by molar-refractivity contribution is 7.92. The Morgan fingerprint density at radius 1 is 1.50 bits per heavy atom. The Morgan fingerprint density at radius 3 is 2.17 bits per heavy atom. The molecule has 0 rings (SSSR count). The van der Waals surface area contributed by atoms with Crippen molar-refractivity contribution in [3.05, 3.63) is 0 Å². The van der Waals surface area contributed by atoms with Crippen LogP contribution in [0.15, 0.2) is 4.36 Å². The molecule has 0 aromatic heterocycles. The molecule has 0 fully saturated rings. The molecular weight excluding hydrogens is 176 g/mol. The molecule has 0 heterocycles. The van der Waals surface area contributed by atoms with Crippen LogP contribution in [0.2, 0.25) is 0 Å². The van der Waals surface area contributed by atoms with Gasteiger partial charge in [0.25, 0.3) is 5.91 Å². The zero-order valence-electron chi connectivity index (χ0n) is 7.96. The number of nitrogens with zero attached hydrogens (tertiary/aromatic N) is 1. The molecule has 0 aromatic rings.